The SMILES string of the molecule is CC(NC(=O)COc1cccc(Cl)c1)c1cccc(Cl)c1. The molecule has 1 atom stereocenters. The minimum atomic E-state index is -0.206. The van der Waals surface area contributed by atoms with Crippen molar-refractivity contribution in [3.63, 3.8) is 0 Å². The molecule has 21 heavy (non-hydrogen) atoms. The third kappa shape index (κ3) is 4.96. The molecule has 0 saturated heterocycles. The summed E-state index contributed by atoms with van der Waals surface area (Å²) in [4.78, 5) is 11.9. The average Bonchev–Trinajstić information content (AvgIpc) is 2.45. The van der Waals surface area contributed by atoms with E-state index < -0.39 is 0 Å². The van der Waals surface area contributed by atoms with Crippen LogP contribution < -0.4 is 10.1 Å². The molecule has 3 nitrogen and oxygen atoms in total. The van der Waals surface area contributed by atoms with Crippen molar-refractivity contribution in [1.29, 1.82) is 0 Å². The van der Waals surface area contributed by atoms with Crippen LogP contribution in [0.4, 0.5) is 0 Å². The summed E-state index contributed by atoms with van der Waals surface area (Å²) in [7, 11) is 0. The van der Waals surface area contributed by atoms with E-state index in [1.54, 1.807) is 30.3 Å². The lowest BCUT2D eigenvalue weighted by molar-refractivity contribution is -0.123. The number of nitrogens with one attached hydrogen (secondary N) is 1. The minimum absolute atomic E-state index is 0.0642. The molecular weight excluding hydrogens is 309 g/mol. The number of amides is 1. The molecular formula is C16H15Cl2NO2. The predicted molar refractivity (Wildman–Crippen MR) is 85.0 cm³/mol. The Labute approximate surface area is 133 Å². The van der Waals surface area contributed by atoms with E-state index in [0.717, 1.165) is 5.56 Å². The molecule has 0 aliphatic carbocycles. The molecule has 110 valence electrons. The number of hydrogen-bond donors (Lipinski definition) is 1. The molecule has 2 rings (SSSR count). The first-order chi connectivity index (χ1) is 10.0. The van der Waals surface area contributed by atoms with Crippen LogP contribution >= 0.6 is 23.2 Å². The molecule has 0 bridgehead atoms. The first-order valence-corrected chi connectivity index (χ1v) is 7.23. The lowest BCUT2D eigenvalue weighted by Gasteiger charge is -2.15. The van der Waals surface area contributed by atoms with E-state index in [1.807, 2.05) is 25.1 Å². The lowest BCUT2D eigenvalue weighted by atomic mass is 10.1. The van der Waals surface area contributed by atoms with Crippen LogP contribution in [-0.4, -0.2) is 12.5 Å². The molecule has 2 aromatic carbocycles. The summed E-state index contributed by atoms with van der Waals surface area (Å²) < 4.78 is 5.39. The van der Waals surface area contributed by atoms with Crippen molar-refractivity contribution in [1.82, 2.24) is 5.32 Å². The second-order valence-corrected chi connectivity index (χ2v) is 5.46. The number of benzene rings is 2. The summed E-state index contributed by atoms with van der Waals surface area (Å²) in [6.07, 6.45) is 0. The zero-order valence-electron chi connectivity index (χ0n) is 11.5. The number of carbonyl (C=O) groups excluding carboxylic acids is 1. The number of ether oxygens (including phenoxy) is 1. The van der Waals surface area contributed by atoms with Crippen LogP contribution in [0.25, 0.3) is 0 Å². The molecule has 0 aliphatic rings. The van der Waals surface area contributed by atoms with Gasteiger partial charge in [0.15, 0.2) is 6.61 Å². The summed E-state index contributed by atoms with van der Waals surface area (Å²) in [5.74, 6) is 0.357. The molecule has 5 heteroatoms. The van der Waals surface area contributed by atoms with Crippen LogP contribution in [0.3, 0.4) is 0 Å². The highest BCUT2D eigenvalue weighted by atomic mass is 35.5. The van der Waals surface area contributed by atoms with Gasteiger partial charge in [0, 0.05) is 10.0 Å². The molecule has 1 unspecified atom stereocenters. The second kappa shape index (κ2) is 7.34. The molecule has 0 saturated carbocycles. The molecule has 1 amide bonds. The van der Waals surface area contributed by atoms with E-state index in [0.29, 0.717) is 15.8 Å². The van der Waals surface area contributed by atoms with Gasteiger partial charge in [0.25, 0.3) is 5.91 Å². The third-order valence-corrected chi connectivity index (χ3v) is 3.36. The van der Waals surface area contributed by atoms with Crippen molar-refractivity contribution in [3.05, 3.63) is 64.1 Å². The van der Waals surface area contributed by atoms with Crippen LogP contribution in [0, 0.1) is 0 Å². The molecule has 0 heterocycles. The normalized spacial score (nSPS) is 11.8. The Morgan fingerprint density at radius 3 is 2.48 bits per heavy atom. The van der Waals surface area contributed by atoms with Crippen LogP contribution in [0.5, 0.6) is 5.75 Å². The highest BCUT2D eigenvalue weighted by Crippen LogP contribution is 2.18. The van der Waals surface area contributed by atoms with Crippen LogP contribution in [0.1, 0.15) is 18.5 Å². The smallest absolute Gasteiger partial charge is 0.258 e. The van der Waals surface area contributed by atoms with Gasteiger partial charge in [0.2, 0.25) is 0 Å². The quantitative estimate of drug-likeness (QED) is 0.893. The Bertz CT molecular complexity index is 631. The highest BCUT2D eigenvalue weighted by molar-refractivity contribution is 6.30. The van der Waals surface area contributed by atoms with Gasteiger partial charge in [-0.1, -0.05) is 41.4 Å². The third-order valence-electron chi connectivity index (χ3n) is 2.89. The van der Waals surface area contributed by atoms with Gasteiger partial charge in [-0.2, -0.15) is 0 Å². The number of halogens is 2. The van der Waals surface area contributed by atoms with Gasteiger partial charge in [-0.05, 0) is 42.8 Å². The molecule has 0 spiro atoms. The fraction of sp³-hybridized carbons (Fsp3) is 0.188. The van der Waals surface area contributed by atoms with Crippen molar-refractivity contribution in [2.75, 3.05) is 6.61 Å². The van der Waals surface area contributed by atoms with Gasteiger partial charge >= 0.3 is 0 Å². The zero-order chi connectivity index (χ0) is 15.2. The summed E-state index contributed by atoms with van der Waals surface area (Å²) in [6.45, 7) is 1.83. The van der Waals surface area contributed by atoms with E-state index >= 15 is 0 Å². The van der Waals surface area contributed by atoms with Crippen molar-refractivity contribution in [3.8, 4) is 5.75 Å². The Morgan fingerprint density at radius 1 is 1.14 bits per heavy atom. The minimum Gasteiger partial charge on any atom is -0.484 e. The topological polar surface area (TPSA) is 38.3 Å². The fourth-order valence-corrected chi connectivity index (χ4v) is 2.23. The summed E-state index contributed by atoms with van der Waals surface area (Å²) in [5.41, 5.74) is 0.943. The molecule has 0 fully saturated rings. The second-order valence-electron chi connectivity index (χ2n) is 4.59. The van der Waals surface area contributed by atoms with E-state index in [1.165, 1.54) is 0 Å². The van der Waals surface area contributed by atoms with Gasteiger partial charge in [0.05, 0.1) is 6.04 Å². The standard InChI is InChI=1S/C16H15Cl2NO2/c1-11(12-4-2-5-13(17)8-12)19-16(20)10-21-15-7-3-6-14(18)9-15/h2-9,11H,10H2,1H3,(H,19,20). The lowest BCUT2D eigenvalue weighted by Crippen LogP contribution is -2.31. The average molecular weight is 324 g/mol. The van der Waals surface area contributed by atoms with Crippen LogP contribution in [0.15, 0.2) is 48.5 Å². The first-order valence-electron chi connectivity index (χ1n) is 6.48. The molecule has 1 N–H and O–H groups in total. The molecule has 2 aromatic rings. The Kier molecular flexibility index (Phi) is 5.48. The number of carbonyl (C=O) groups is 1. The maximum Gasteiger partial charge on any atom is 0.258 e. The Balaban J connectivity index is 1.87. The zero-order valence-corrected chi connectivity index (χ0v) is 13.0. The van der Waals surface area contributed by atoms with Gasteiger partial charge in [-0.25, -0.2) is 0 Å². The van der Waals surface area contributed by atoms with E-state index in [4.69, 9.17) is 27.9 Å². The fourth-order valence-electron chi connectivity index (χ4n) is 1.85. The summed E-state index contributed by atoms with van der Waals surface area (Å²) in [6, 6.07) is 14.2. The van der Waals surface area contributed by atoms with Crippen molar-refractivity contribution in [2.45, 2.75) is 13.0 Å². The van der Waals surface area contributed by atoms with Crippen LogP contribution in [-0.2, 0) is 4.79 Å². The first kappa shape index (κ1) is 15.7. The monoisotopic (exact) mass is 323 g/mol. The van der Waals surface area contributed by atoms with E-state index in [-0.39, 0.29) is 18.6 Å². The molecule has 0 radical (unpaired) electrons. The number of hydrogen-bond acceptors (Lipinski definition) is 2. The highest BCUT2D eigenvalue weighted by Gasteiger charge is 2.10. The predicted octanol–water partition coefficient (Wildman–Crippen LogP) is 4.25. The molecule has 0 aliphatic heterocycles. The van der Waals surface area contributed by atoms with Gasteiger partial charge < -0.3 is 10.1 Å². The van der Waals surface area contributed by atoms with Crippen molar-refractivity contribution >= 4 is 29.1 Å². The maximum absolute atomic E-state index is 11.9. The van der Waals surface area contributed by atoms with E-state index in [9.17, 15) is 4.79 Å². The van der Waals surface area contributed by atoms with Gasteiger partial charge in [-0.3, -0.25) is 4.79 Å². The largest absolute Gasteiger partial charge is 0.484 e. The number of rotatable bonds is 5. The summed E-state index contributed by atoms with van der Waals surface area (Å²) in [5, 5.41) is 4.06. The molecule has 0 aromatic heterocycles. The maximum atomic E-state index is 11.9. The van der Waals surface area contributed by atoms with Crippen molar-refractivity contribution < 1.29 is 9.53 Å². The Hall–Kier alpha value is -1.71. The van der Waals surface area contributed by atoms with Gasteiger partial charge in [0.1, 0.15) is 5.75 Å². The van der Waals surface area contributed by atoms with E-state index in [2.05, 4.69) is 5.32 Å². The van der Waals surface area contributed by atoms with Crippen LogP contribution in [0.2, 0.25) is 10.0 Å². The van der Waals surface area contributed by atoms with Gasteiger partial charge in [-0.15, -0.1) is 0 Å². The summed E-state index contributed by atoms with van der Waals surface area (Å²) >= 11 is 11.8. The Morgan fingerprint density at radius 2 is 1.81 bits per heavy atom. The van der Waals surface area contributed by atoms with Crippen molar-refractivity contribution in [2.24, 2.45) is 0 Å².